The first-order valence-electron chi connectivity index (χ1n) is 10.6. The maximum absolute atomic E-state index is 13.8. The van der Waals surface area contributed by atoms with Gasteiger partial charge in [-0.15, -0.1) is 0 Å². The average molecular weight is 474 g/mol. The van der Waals surface area contributed by atoms with Crippen molar-refractivity contribution in [2.24, 2.45) is 0 Å². The lowest BCUT2D eigenvalue weighted by atomic mass is 10.0. The Morgan fingerprint density at radius 1 is 1.06 bits per heavy atom. The van der Waals surface area contributed by atoms with Gasteiger partial charge < -0.3 is 15.4 Å². The molecule has 3 N–H and O–H groups in total. The molecule has 0 fully saturated rings. The van der Waals surface area contributed by atoms with Gasteiger partial charge in [0.25, 0.3) is 5.56 Å². The van der Waals surface area contributed by atoms with Crippen molar-refractivity contribution < 1.29 is 5.11 Å². The Hall–Kier alpha value is -4.01. The minimum Gasteiger partial charge on any atom is -0.392 e. The van der Waals surface area contributed by atoms with E-state index in [4.69, 9.17) is 11.6 Å². The highest BCUT2D eigenvalue weighted by Gasteiger charge is 2.23. The van der Waals surface area contributed by atoms with E-state index in [1.54, 1.807) is 18.2 Å². The van der Waals surface area contributed by atoms with Gasteiger partial charge in [0, 0.05) is 23.3 Å². The Kier molecular flexibility index (Phi) is 5.61. The van der Waals surface area contributed by atoms with Crippen LogP contribution in [0.15, 0.2) is 76.7 Å². The fourth-order valence-electron chi connectivity index (χ4n) is 4.23. The Morgan fingerprint density at radius 3 is 2.62 bits per heavy atom. The number of fused-ring (bicyclic) bond motifs is 2. The fourth-order valence-corrected chi connectivity index (χ4v) is 4.64. The number of rotatable bonds is 5. The minimum absolute atomic E-state index is 0.235. The molecule has 3 heterocycles. The second kappa shape index (κ2) is 8.74. The lowest BCUT2D eigenvalue weighted by molar-refractivity contribution is 0.283. The van der Waals surface area contributed by atoms with E-state index >= 15 is 0 Å². The third kappa shape index (κ3) is 3.53. The standard InChI is InChI=1S/C25H20ClN5O3/c1-14(30-24-20-18(33)10-11-27-23(20)28-13-29-24)22-21(26)17-9-5-6-15(12-32)19(17)25(34)31(22)16-7-3-2-4-8-16/h2-11,13-14,32H,12H2,1H3,(H2,27,28,29,30,33)/t14-/m0/s1. The summed E-state index contributed by atoms with van der Waals surface area (Å²) in [6, 6.07) is 15.2. The predicted molar refractivity (Wildman–Crippen MR) is 133 cm³/mol. The van der Waals surface area contributed by atoms with Crippen molar-refractivity contribution in [1.82, 2.24) is 19.5 Å². The predicted octanol–water partition coefficient (Wildman–Crippen LogP) is 3.94. The highest BCUT2D eigenvalue weighted by Crippen LogP contribution is 2.34. The van der Waals surface area contributed by atoms with Gasteiger partial charge in [-0.25, -0.2) is 9.97 Å². The molecule has 2 aromatic carbocycles. The van der Waals surface area contributed by atoms with Crippen LogP contribution < -0.4 is 16.3 Å². The first-order chi connectivity index (χ1) is 16.5. The van der Waals surface area contributed by atoms with Gasteiger partial charge in [0.05, 0.1) is 28.8 Å². The number of anilines is 1. The number of hydrogen-bond acceptors (Lipinski definition) is 6. The number of nitrogens with one attached hydrogen (secondary N) is 2. The van der Waals surface area contributed by atoms with Crippen LogP contribution >= 0.6 is 11.6 Å². The summed E-state index contributed by atoms with van der Waals surface area (Å²) in [5.74, 6) is 0.326. The summed E-state index contributed by atoms with van der Waals surface area (Å²) >= 11 is 6.93. The summed E-state index contributed by atoms with van der Waals surface area (Å²) in [7, 11) is 0. The average Bonchev–Trinajstić information content (AvgIpc) is 2.86. The lowest BCUT2D eigenvalue weighted by Crippen LogP contribution is -2.27. The van der Waals surface area contributed by atoms with Gasteiger partial charge in [0.1, 0.15) is 23.2 Å². The molecule has 0 aliphatic carbocycles. The Morgan fingerprint density at radius 2 is 1.85 bits per heavy atom. The van der Waals surface area contributed by atoms with Crippen molar-refractivity contribution >= 4 is 39.2 Å². The zero-order valence-corrected chi connectivity index (χ0v) is 18.9. The molecule has 34 heavy (non-hydrogen) atoms. The van der Waals surface area contributed by atoms with Crippen LogP contribution in [0.3, 0.4) is 0 Å². The molecule has 0 aliphatic heterocycles. The van der Waals surface area contributed by atoms with E-state index in [9.17, 15) is 14.7 Å². The second-order valence-electron chi connectivity index (χ2n) is 7.83. The normalized spacial score (nSPS) is 12.2. The summed E-state index contributed by atoms with van der Waals surface area (Å²) in [5.41, 5.74) is 1.48. The molecule has 0 saturated carbocycles. The number of aliphatic hydroxyl groups excluding tert-OH is 1. The van der Waals surface area contributed by atoms with Crippen molar-refractivity contribution in [3.8, 4) is 5.69 Å². The van der Waals surface area contributed by atoms with Gasteiger partial charge in [0.15, 0.2) is 5.43 Å². The molecular formula is C25H20ClN5O3. The van der Waals surface area contributed by atoms with E-state index in [-0.39, 0.29) is 17.6 Å². The van der Waals surface area contributed by atoms with Crippen molar-refractivity contribution in [3.05, 3.63) is 104 Å². The third-order valence-electron chi connectivity index (χ3n) is 5.77. The molecule has 0 saturated heterocycles. The zero-order chi connectivity index (χ0) is 23.8. The molecule has 0 amide bonds. The monoisotopic (exact) mass is 473 g/mol. The van der Waals surface area contributed by atoms with Crippen LogP contribution in [0.4, 0.5) is 5.82 Å². The quantitative estimate of drug-likeness (QED) is 0.356. The number of halogens is 1. The minimum atomic E-state index is -0.528. The van der Waals surface area contributed by atoms with E-state index < -0.39 is 6.04 Å². The summed E-state index contributed by atoms with van der Waals surface area (Å²) in [6.45, 7) is 1.55. The molecule has 9 heteroatoms. The van der Waals surface area contributed by atoms with Gasteiger partial charge >= 0.3 is 0 Å². The highest BCUT2D eigenvalue weighted by atomic mass is 35.5. The van der Waals surface area contributed by atoms with Gasteiger partial charge in [-0.05, 0) is 24.6 Å². The fraction of sp³-hybridized carbons (Fsp3) is 0.120. The molecule has 170 valence electrons. The number of aliphatic hydroxyl groups is 1. The molecule has 0 radical (unpaired) electrons. The number of aromatic nitrogens is 4. The Bertz CT molecular complexity index is 1640. The van der Waals surface area contributed by atoms with Gasteiger partial charge in [0.2, 0.25) is 0 Å². The SMILES string of the molecule is C[C@H](Nc1ncnc2[nH]ccc(=O)c12)c1c(Cl)c2cccc(CO)c2c(=O)n1-c1ccccc1. The third-order valence-corrected chi connectivity index (χ3v) is 6.16. The topological polar surface area (TPSA) is 113 Å². The maximum atomic E-state index is 13.8. The molecule has 5 rings (SSSR count). The molecule has 1 atom stereocenters. The van der Waals surface area contributed by atoms with E-state index in [0.29, 0.717) is 49.6 Å². The highest BCUT2D eigenvalue weighted by molar-refractivity contribution is 6.36. The first-order valence-corrected chi connectivity index (χ1v) is 11.0. The largest absolute Gasteiger partial charge is 0.392 e. The first kappa shape index (κ1) is 21.8. The van der Waals surface area contributed by atoms with Crippen LogP contribution in [0.2, 0.25) is 5.02 Å². The summed E-state index contributed by atoms with van der Waals surface area (Å²) in [6.07, 6.45) is 2.88. The van der Waals surface area contributed by atoms with E-state index in [2.05, 4.69) is 20.3 Å². The number of H-pyrrole nitrogens is 1. The zero-order valence-electron chi connectivity index (χ0n) is 18.1. The van der Waals surface area contributed by atoms with Gasteiger partial charge in [-0.1, -0.05) is 48.0 Å². The number of hydrogen-bond donors (Lipinski definition) is 3. The van der Waals surface area contributed by atoms with Crippen molar-refractivity contribution in [3.63, 3.8) is 0 Å². The number of nitrogens with zero attached hydrogens (tertiary/aromatic N) is 3. The molecule has 8 nitrogen and oxygen atoms in total. The summed E-state index contributed by atoms with van der Waals surface area (Å²) < 4.78 is 1.54. The van der Waals surface area contributed by atoms with Gasteiger partial charge in [-0.2, -0.15) is 0 Å². The molecule has 0 aliphatic rings. The maximum Gasteiger partial charge on any atom is 0.263 e. The van der Waals surface area contributed by atoms with Crippen LogP contribution in [0.5, 0.6) is 0 Å². The van der Waals surface area contributed by atoms with Crippen molar-refractivity contribution in [1.29, 1.82) is 0 Å². The van der Waals surface area contributed by atoms with Crippen LogP contribution in [0.25, 0.3) is 27.5 Å². The molecule has 0 unspecified atom stereocenters. The van der Waals surface area contributed by atoms with Crippen LogP contribution in [0, 0.1) is 0 Å². The smallest absolute Gasteiger partial charge is 0.263 e. The lowest BCUT2D eigenvalue weighted by Gasteiger charge is -2.23. The number of aromatic amines is 1. The molecular weight excluding hydrogens is 454 g/mol. The van der Waals surface area contributed by atoms with Crippen LogP contribution in [-0.4, -0.2) is 24.6 Å². The van der Waals surface area contributed by atoms with E-state index in [1.165, 1.54) is 23.2 Å². The molecule has 3 aromatic heterocycles. The molecule has 0 bridgehead atoms. The number of benzene rings is 2. The Labute approximate surface area is 198 Å². The second-order valence-corrected chi connectivity index (χ2v) is 8.20. The summed E-state index contributed by atoms with van der Waals surface area (Å²) in [4.78, 5) is 37.7. The number of para-hydroxylation sites is 1. The summed E-state index contributed by atoms with van der Waals surface area (Å²) in [5, 5.41) is 14.7. The Balaban J connectivity index is 1.78. The molecule has 0 spiro atoms. The van der Waals surface area contributed by atoms with Crippen LogP contribution in [-0.2, 0) is 6.61 Å². The number of pyridine rings is 2. The van der Waals surface area contributed by atoms with E-state index in [1.807, 2.05) is 37.3 Å². The van der Waals surface area contributed by atoms with Crippen molar-refractivity contribution in [2.75, 3.05) is 5.32 Å². The molecule has 5 aromatic rings. The van der Waals surface area contributed by atoms with E-state index in [0.717, 1.165) is 0 Å². The van der Waals surface area contributed by atoms with Crippen molar-refractivity contribution in [2.45, 2.75) is 19.6 Å². The van der Waals surface area contributed by atoms with Gasteiger partial charge in [-0.3, -0.25) is 14.2 Å². The van der Waals surface area contributed by atoms with Crippen LogP contribution in [0.1, 0.15) is 24.2 Å².